The van der Waals surface area contributed by atoms with Gasteiger partial charge in [0.1, 0.15) is 30.0 Å². The Bertz CT molecular complexity index is 1410. The second kappa shape index (κ2) is 7.91. The van der Waals surface area contributed by atoms with E-state index in [4.69, 9.17) is 14.2 Å². The summed E-state index contributed by atoms with van der Waals surface area (Å²) in [5, 5.41) is 7.94. The lowest BCUT2D eigenvalue weighted by atomic mass is 9.84. The minimum atomic E-state index is -0.468. The topological polar surface area (TPSA) is 70.4 Å². The largest absolute Gasteiger partial charge is 0.493 e. The first-order chi connectivity index (χ1) is 16.7. The van der Waals surface area contributed by atoms with Gasteiger partial charge in [0.15, 0.2) is 11.5 Å². The lowest BCUT2D eigenvalue weighted by Crippen LogP contribution is -2.32. The number of para-hydroxylation sites is 1. The molecule has 3 aromatic carbocycles. The molecule has 0 aliphatic carbocycles. The van der Waals surface area contributed by atoms with Crippen molar-refractivity contribution in [2.45, 2.75) is 12.1 Å². The number of fused-ring (bicyclic) bond motifs is 3. The van der Waals surface area contributed by atoms with Crippen molar-refractivity contribution in [2.75, 3.05) is 19.5 Å². The molecule has 0 bridgehead atoms. The molecule has 2 aliphatic rings. The molecule has 0 fully saturated rings. The Morgan fingerprint density at radius 1 is 0.941 bits per heavy atom. The molecule has 7 nitrogen and oxygen atoms in total. The van der Waals surface area contributed by atoms with Gasteiger partial charge < -0.3 is 19.5 Å². The maximum atomic E-state index is 13.8. The number of ether oxygens (including phenoxy) is 3. The molecule has 2 aliphatic heterocycles. The normalized spacial score (nSPS) is 18.2. The van der Waals surface area contributed by atoms with Gasteiger partial charge in [0, 0.05) is 16.7 Å². The molecule has 0 radical (unpaired) electrons. The van der Waals surface area contributed by atoms with Gasteiger partial charge in [0.25, 0.3) is 0 Å². The molecule has 6 rings (SSSR count). The first-order valence-corrected chi connectivity index (χ1v) is 10.8. The summed E-state index contributed by atoms with van der Waals surface area (Å²) >= 11 is 0. The highest BCUT2D eigenvalue weighted by atomic mass is 19.1. The fourth-order valence-corrected chi connectivity index (χ4v) is 4.67. The molecule has 4 aromatic rings. The van der Waals surface area contributed by atoms with Crippen LogP contribution in [0.15, 0.2) is 78.6 Å². The summed E-state index contributed by atoms with van der Waals surface area (Å²) in [5.41, 5.74) is 4.52. The van der Waals surface area contributed by atoms with E-state index < -0.39 is 6.10 Å². The monoisotopic (exact) mass is 456 g/mol. The van der Waals surface area contributed by atoms with Crippen LogP contribution in [0.4, 0.5) is 10.3 Å². The number of hydrogen-bond donors (Lipinski definition) is 1. The lowest BCUT2D eigenvalue weighted by molar-refractivity contribution is 0.222. The van der Waals surface area contributed by atoms with Gasteiger partial charge in [-0.3, -0.25) is 0 Å². The van der Waals surface area contributed by atoms with Crippen LogP contribution in [0.1, 0.15) is 28.8 Å². The fraction of sp³-hybridized carbons (Fsp3) is 0.154. The predicted molar refractivity (Wildman–Crippen MR) is 124 cm³/mol. The van der Waals surface area contributed by atoms with E-state index in [-0.39, 0.29) is 11.9 Å². The van der Waals surface area contributed by atoms with Crippen molar-refractivity contribution in [3.8, 4) is 17.2 Å². The van der Waals surface area contributed by atoms with E-state index in [9.17, 15) is 4.39 Å². The van der Waals surface area contributed by atoms with E-state index in [1.165, 1.54) is 18.5 Å². The van der Waals surface area contributed by atoms with E-state index in [0.29, 0.717) is 17.4 Å². The number of anilines is 1. The van der Waals surface area contributed by atoms with Crippen LogP contribution in [-0.2, 0) is 0 Å². The fourth-order valence-electron chi connectivity index (χ4n) is 4.67. The Hall–Kier alpha value is -4.33. The molecule has 3 heterocycles. The number of rotatable bonds is 4. The molecule has 0 unspecified atom stereocenters. The molecule has 2 atom stereocenters. The molecule has 1 N–H and O–H groups in total. The molecule has 170 valence electrons. The molecule has 8 heteroatoms. The molecular formula is C26H21FN4O3. The third-order valence-corrected chi connectivity index (χ3v) is 6.22. The standard InChI is InChI=1S/C26H21FN4O3/c1-32-20-12-9-16(13-21(20)33-2)25-22-23(18-5-3-4-6-19(18)34-25)30-26-28-14-29-31(26)24(22)15-7-10-17(27)11-8-15/h3-14,24-25H,1-2H3,(H,28,29,30)/t24-,25-/m0/s1. The van der Waals surface area contributed by atoms with Gasteiger partial charge in [-0.15, -0.1) is 0 Å². The summed E-state index contributed by atoms with van der Waals surface area (Å²) < 4.78 is 33.2. The average Bonchev–Trinajstić information content (AvgIpc) is 3.35. The number of aromatic nitrogens is 3. The van der Waals surface area contributed by atoms with Gasteiger partial charge in [-0.05, 0) is 42.0 Å². The van der Waals surface area contributed by atoms with Crippen LogP contribution < -0.4 is 19.5 Å². The average molecular weight is 456 g/mol. The molecule has 0 spiro atoms. The number of benzene rings is 3. The second-order valence-electron chi connectivity index (χ2n) is 8.05. The van der Waals surface area contributed by atoms with E-state index in [1.807, 2.05) is 42.5 Å². The van der Waals surface area contributed by atoms with E-state index in [0.717, 1.165) is 33.7 Å². The molecule has 1 aromatic heterocycles. The van der Waals surface area contributed by atoms with Crippen molar-refractivity contribution >= 4 is 11.6 Å². The zero-order valence-corrected chi connectivity index (χ0v) is 18.5. The number of hydrogen-bond acceptors (Lipinski definition) is 6. The van der Waals surface area contributed by atoms with Crippen molar-refractivity contribution in [3.63, 3.8) is 0 Å². The number of halogens is 1. The van der Waals surface area contributed by atoms with Gasteiger partial charge in [-0.2, -0.15) is 10.1 Å². The maximum absolute atomic E-state index is 13.8. The SMILES string of the molecule is COc1ccc([C@@H]2Oc3ccccc3C3=C2[C@H](c2ccc(F)cc2)n2ncnc2N3)cc1OC. The summed E-state index contributed by atoms with van der Waals surface area (Å²) in [5.74, 6) is 2.29. The summed E-state index contributed by atoms with van der Waals surface area (Å²) in [6, 6.07) is 19.7. The van der Waals surface area contributed by atoms with Crippen LogP contribution in [0.2, 0.25) is 0 Å². The van der Waals surface area contributed by atoms with Crippen molar-refractivity contribution in [1.82, 2.24) is 14.8 Å². The van der Waals surface area contributed by atoms with E-state index >= 15 is 0 Å². The third kappa shape index (κ3) is 3.10. The number of nitrogens with zero attached hydrogens (tertiary/aromatic N) is 3. The Morgan fingerprint density at radius 2 is 1.71 bits per heavy atom. The van der Waals surface area contributed by atoms with Crippen molar-refractivity contribution < 1.29 is 18.6 Å². The quantitative estimate of drug-likeness (QED) is 0.466. The van der Waals surface area contributed by atoms with Crippen LogP contribution >= 0.6 is 0 Å². The van der Waals surface area contributed by atoms with Gasteiger partial charge in [0.05, 0.1) is 19.9 Å². The Balaban J connectivity index is 1.60. The van der Waals surface area contributed by atoms with Crippen LogP contribution in [0.3, 0.4) is 0 Å². The summed E-state index contributed by atoms with van der Waals surface area (Å²) in [4.78, 5) is 4.42. The molecular weight excluding hydrogens is 435 g/mol. The third-order valence-electron chi connectivity index (χ3n) is 6.22. The van der Waals surface area contributed by atoms with Gasteiger partial charge in [-0.1, -0.05) is 30.3 Å². The van der Waals surface area contributed by atoms with Crippen LogP contribution in [0.25, 0.3) is 5.70 Å². The first-order valence-electron chi connectivity index (χ1n) is 10.8. The molecule has 0 amide bonds. The van der Waals surface area contributed by atoms with Crippen LogP contribution in [0, 0.1) is 5.82 Å². The molecule has 0 saturated carbocycles. The van der Waals surface area contributed by atoms with Crippen LogP contribution in [-0.4, -0.2) is 29.0 Å². The van der Waals surface area contributed by atoms with E-state index in [1.54, 1.807) is 31.0 Å². The molecule has 0 saturated heterocycles. The smallest absolute Gasteiger partial charge is 0.226 e. The van der Waals surface area contributed by atoms with E-state index in [2.05, 4.69) is 15.4 Å². The van der Waals surface area contributed by atoms with Crippen molar-refractivity contribution in [1.29, 1.82) is 0 Å². The van der Waals surface area contributed by atoms with Crippen molar-refractivity contribution in [2.24, 2.45) is 0 Å². The Kier molecular flexibility index (Phi) is 4.72. The Morgan fingerprint density at radius 3 is 2.50 bits per heavy atom. The lowest BCUT2D eigenvalue weighted by Gasteiger charge is -2.39. The maximum Gasteiger partial charge on any atom is 0.226 e. The number of nitrogens with one attached hydrogen (secondary N) is 1. The summed E-state index contributed by atoms with van der Waals surface area (Å²) in [6.45, 7) is 0. The van der Waals surface area contributed by atoms with Gasteiger partial charge in [-0.25, -0.2) is 9.07 Å². The number of methoxy groups -OCH3 is 2. The van der Waals surface area contributed by atoms with Gasteiger partial charge in [0.2, 0.25) is 5.95 Å². The zero-order chi connectivity index (χ0) is 23.2. The summed E-state index contributed by atoms with van der Waals surface area (Å²) in [6.07, 6.45) is 1.04. The highest BCUT2D eigenvalue weighted by Crippen LogP contribution is 2.51. The highest BCUT2D eigenvalue weighted by molar-refractivity contribution is 5.85. The second-order valence-corrected chi connectivity index (χ2v) is 8.05. The minimum absolute atomic E-state index is 0.299. The highest BCUT2D eigenvalue weighted by Gasteiger charge is 2.41. The van der Waals surface area contributed by atoms with Gasteiger partial charge >= 0.3 is 0 Å². The summed E-state index contributed by atoms with van der Waals surface area (Å²) in [7, 11) is 3.21. The molecule has 34 heavy (non-hydrogen) atoms. The first kappa shape index (κ1) is 20.3. The predicted octanol–water partition coefficient (Wildman–Crippen LogP) is 4.99. The Labute approximate surface area is 195 Å². The zero-order valence-electron chi connectivity index (χ0n) is 18.5. The van der Waals surface area contributed by atoms with Crippen molar-refractivity contribution in [3.05, 3.63) is 101 Å². The van der Waals surface area contributed by atoms with Crippen LogP contribution in [0.5, 0.6) is 17.2 Å². The minimum Gasteiger partial charge on any atom is -0.493 e.